The average molecular weight is 315 g/mol. The van der Waals surface area contributed by atoms with Gasteiger partial charge in [0.25, 0.3) is 0 Å². The van der Waals surface area contributed by atoms with Crippen molar-refractivity contribution >= 4 is 11.8 Å². The van der Waals surface area contributed by atoms with Crippen LogP contribution in [0.3, 0.4) is 0 Å². The lowest BCUT2D eigenvalue weighted by molar-refractivity contribution is 0.251. The number of hydrogen-bond donors (Lipinski definition) is 2. The van der Waals surface area contributed by atoms with Crippen molar-refractivity contribution in [2.45, 2.75) is 52.1 Å². The number of rotatable bonds is 3. The molecule has 2 amide bonds. The summed E-state index contributed by atoms with van der Waals surface area (Å²) in [6, 6.07) is 3.29. The van der Waals surface area contributed by atoms with Crippen LogP contribution in [0.1, 0.15) is 44.5 Å². The molecule has 0 radical (unpaired) electrons. The van der Waals surface area contributed by atoms with Crippen molar-refractivity contribution in [2.75, 3.05) is 5.32 Å². The quantitative estimate of drug-likeness (QED) is 0.897. The summed E-state index contributed by atoms with van der Waals surface area (Å²) in [5.74, 6) is 2.19. The van der Waals surface area contributed by atoms with Crippen LogP contribution in [0.25, 0.3) is 0 Å². The second-order valence-corrected chi connectivity index (χ2v) is 6.65. The van der Waals surface area contributed by atoms with E-state index in [9.17, 15) is 4.79 Å². The number of fused-ring (bicyclic) bond motifs is 1. The van der Waals surface area contributed by atoms with Gasteiger partial charge in [0.2, 0.25) is 0 Å². The molecule has 0 saturated carbocycles. The third kappa shape index (κ3) is 3.46. The van der Waals surface area contributed by atoms with E-state index in [1.165, 1.54) is 0 Å². The first-order valence-electron chi connectivity index (χ1n) is 7.73. The maximum atomic E-state index is 11.9. The molecule has 1 aliphatic rings. The fourth-order valence-electron chi connectivity index (χ4n) is 2.46. The summed E-state index contributed by atoms with van der Waals surface area (Å²) in [5.41, 5.74) is 0.810. The monoisotopic (exact) mass is 315 g/mol. The maximum absolute atomic E-state index is 11.9. The minimum absolute atomic E-state index is 0.0676. The molecule has 0 fully saturated rings. The second kappa shape index (κ2) is 5.94. The van der Waals surface area contributed by atoms with E-state index in [1.807, 2.05) is 6.07 Å². The number of urea groups is 1. The van der Waals surface area contributed by atoms with E-state index >= 15 is 0 Å². The molecule has 2 N–H and O–H groups in total. The van der Waals surface area contributed by atoms with Gasteiger partial charge < -0.3 is 9.88 Å². The molecule has 0 saturated heterocycles. The number of nitrogens with zero attached hydrogens (tertiary/aromatic N) is 5. The predicted octanol–water partition coefficient (Wildman–Crippen LogP) is 1.63. The van der Waals surface area contributed by atoms with Crippen molar-refractivity contribution in [3.05, 3.63) is 29.5 Å². The Balaban J connectivity index is 1.55. The first kappa shape index (κ1) is 15.4. The van der Waals surface area contributed by atoms with Crippen LogP contribution < -0.4 is 10.6 Å². The summed E-state index contributed by atoms with van der Waals surface area (Å²) >= 11 is 0. The van der Waals surface area contributed by atoms with E-state index in [4.69, 9.17) is 0 Å². The van der Waals surface area contributed by atoms with Crippen LogP contribution in [0.2, 0.25) is 0 Å². The number of hydrogen-bond acceptors (Lipinski definition) is 5. The maximum Gasteiger partial charge on any atom is 0.320 e. The number of nitrogens with one attached hydrogen (secondary N) is 2. The molecule has 0 unspecified atom stereocenters. The molecule has 1 aliphatic heterocycles. The lowest BCUT2D eigenvalue weighted by atomic mass is 9.92. The van der Waals surface area contributed by atoms with Crippen molar-refractivity contribution in [3.8, 4) is 0 Å². The minimum Gasteiger partial charge on any atom is -0.331 e. The van der Waals surface area contributed by atoms with Gasteiger partial charge in [-0.2, -0.15) is 5.10 Å². The SMILES string of the molecule is CC(C)(C)c1ccc(NC(=O)NCc2nnc3n2CCC3)nn1. The lowest BCUT2D eigenvalue weighted by Gasteiger charge is -2.16. The van der Waals surface area contributed by atoms with Crippen molar-refractivity contribution < 1.29 is 4.79 Å². The largest absolute Gasteiger partial charge is 0.331 e. The first-order valence-corrected chi connectivity index (χ1v) is 7.73. The van der Waals surface area contributed by atoms with Crippen molar-refractivity contribution in [3.63, 3.8) is 0 Å². The van der Waals surface area contributed by atoms with Crippen LogP contribution >= 0.6 is 0 Å². The van der Waals surface area contributed by atoms with Gasteiger partial charge in [0.05, 0.1) is 12.2 Å². The normalized spacial score (nSPS) is 13.7. The Morgan fingerprint density at radius 2 is 2.04 bits per heavy atom. The lowest BCUT2D eigenvalue weighted by Crippen LogP contribution is -2.30. The molecule has 2 aromatic heterocycles. The summed E-state index contributed by atoms with van der Waals surface area (Å²) in [6.07, 6.45) is 2.04. The van der Waals surface area contributed by atoms with Crippen LogP contribution in [0.5, 0.6) is 0 Å². The Kier molecular flexibility index (Phi) is 3.97. The number of carbonyl (C=O) groups is 1. The smallest absolute Gasteiger partial charge is 0.320 e. The molecular formula is C15H21N7O. The van der Waals surface area contributed by atoms with E-state index < -0.39 is 0 Å². The molecule has 3 rings (SSSR count). The summed E-state index contributed by atoms with van der Waals surface area (Å²) in [5, 5.41) is 21.8. The fourth-order valence-corrected chi connectivity index (χ4v) is 2.46. The zero-order valence-electron chi connectivity index (χ0n) is 13.6. The van der Waals surface area contributed by atoms with Gasteiger partial charge in [-0.3, -0.25) is 5.32 Å². The van der Waals surface area contributed by atoms with E-state index in [1.54, 1.807) is 6.07 Å². The zero-order valence-corrected chi connectivity index (χ0v) is 13.6. The Labute approximate surface area is 134 Å². The van der Waals surface area contributed by atoms with Crippen LogP contribution in [-0.4, -0.2) is 31.0 Å². The molecule has 0 atom stereocenters. The molecule has 0 aromatic carbocycles. The number of carbonyl (C=O) groups excluding carboxylic acids is 1. The van der Waals surface area contributed by atoms with E-state index in [-0.39, 0.29) is 11.4 Å². The topological polar surface area (TPSA) is 97.6 Å². The summed E-state index contributed by atoms with van der Waals surface area (Å²) in [7, 11) is 0. The van der Waals surface area contributed by atoms with Gasteiger partial charge in [0, 0.05) is 18.4 Å². The molecule has 8 nitrogen and oxygen atoms in total. The van der Waals surface area contributed by atoms with Crippen LogP contribution in [0.4, 0.5) is 10.6 Å². The van der Waals surface area contributed by atoms with Crippen LogP contribution in [0.15, 0.2) is 12.1 Å². The van der Waals surface area contributed by atoms with Crippen molar-refractivity contribution in [2.24, 2.45) is 0 Å². The van der Waals surface area contributed by atoms with Crippen molar-refractivity contribution in [1.29, 1.82) is 0 Å². The fraction of sp³-hybridized carbons (Fsp3) is 0.533. The van der Waals surface area contributed by atoms with E-state index in [2.05, 4.69) is 56.4 Å². The predicted molar refractivity (Wildman–Crippen MR) is 84.9 cm³/mol. The van der Waals surface area contributed by atoms with Gasteiger partial charge in [0.1, 0.15) is 5.82 Å². The third-order valence-corrected chi connectivity index (χ3v) is 3.77. The first-order chi connectivity index (χ1) is 10.9. The Bertz CT molecular complexity index is 700. The molecule has 0 bridgehead atoms. The van der Waals surface area contributed by atoms with Gasteiger partial charge in [-0.05, 0) is 18.6 Å². The molecule has 0 spiro atoms. The number of anilines is 1. The standard InChI is InChI=1S/C15H21N7O/c1-15(2,3)10-6-7-11(19-18-10)17-14(23)16-9-13-21-20-12-5-4-8-22(12)13/h6-7H,4-5,8-9H2,1-3H3,(H2,16,17,19,23). The summed E-state index contributed by atoms with van der Waals surface area (Å²) in [4.78, 5) is 11.9. The highest BCUT2D eigenvalue weighted by atomic mass is 16.2. The second-order valence-electron chi connectivity index (χ2n) is 6.65. The Morgan fingerprint density at radius 3 is 2.74 bits per heavy atom. The Hall–Kier alpha value is -2.51. The number of aryl methyl sites for hydroxylation is 1. The van der Waals surface area contributed by atoms with Gasteiger partial charge in [-0.25, -0.2) is 4.79 Å². The number of aromatic nitrogens is 5. The highest BCUT2D eigenvalue weighted by molar-refractivity contribution is 5.87. The van der Waals surface area contributed by atoms with Gasteiger partial charge in [-0.1, -0.05) is 20.8 Å². The Morgan fingerprint density at radius 1 is 1.22 bits per heavy atom. The number of amides is 2. The zero-order chi connectivity index (χ0) is 16.4. The van der Waals surface area contributed by atoms with E-state index in [0.29, 0.717) is 12.4 Å². The third-order valence-electron chi connectivity index (χ3n) is 3.77. The van der Waals surface area contributed by atoms with Crippen molar-refractivity contribution in [1.82, 2.24) is 30.3 Å². The highest BCUT2D eigenvalue weighted by Gasteiger charge is 2.18. The molecule has 8 heteroatoms. The molecule has 122 valence electrons. The highest BCUT2D eigenvalue weighted by Crippen LogP contribution is 2.19. The average Bonchev–Trinajstić information content (AvgIpc) is 3.08. The summed E-state index contributed by atoms with van der Waals surface area (Å²) < 4.78 is 2.05. The van der Waals surface area contributed by atoms with Gasteiger partial charge in [-0.15, -0.1) is 15.3 Å². The van der Waals surface area contributed by atoms with Crippen LogP contribution in [-0.2, 0) is 24.9 Å². The molecule has 2 aromatic rings. The van der Waals surface area contributed by atoms with Gasteiger partial charge >= 0.3 is 6.03 Å². The van der Waals surface area contributed by atoms with Gasteiger partial charge in [0.15, 0.2) is 11.6 Å². The molecular weight excluding hydrogens is 294 g/mol. The summed E-state index contributed by atoms with van der Waals surface area (Å²) in [6.45, 7) is 7.45. The molecule has 23 heavy (non-hydrogen) atoms. The molecule has 0 aliphatic carbocycles. The van der Waals surface area contributed by atoms with Crippen LogP contribution in [0, 0.1) is 0 Å². The van der Waals surface area contributed by atoms with E-state index in [0.717, 1.165) is 36.7 Å². The minimum atomic E-state index is -0.335. The molecule has 3 heterocycles.